The van der Waals surface area contributed by atoms with Crippen LogP contribution in [0, 0.1) is 0 Å². The van der Waals surface area contributed by atoms with E-state index in [1.54, 1.807) is 42.2 Å². The van der Waals surface area contributed by atoms with Gasteiger partial charge in [-0.3, -0.25) is 9.59 Å². The zero-order valence-electron chi connectivity index (χ0n) is 18.6. The van der Waals surface area contributed by atoms with Crippen molar-refractivity contribution >= 4 is 17.5 Å². The number of methoxy groups -OCH3 is 1. The minimum atomic E-state index is -0.614. The van der Waals surface area contributed by atoms with E-state index >= 15 is 0 Å². The summed E-state index contributed by atoms with van der Waals surface area (Å²) in [5.41, 5.74) is 1.86. The summed E-state index contributed by atoms with van der Waals surface area (Å²) < 4.78 is 16.9. The standard InChI is InChI=1S/C26H26N2O5/c1-18-26(30)28(14-15-32-21-8-4-3-5-9-21)17-19-16-20(12-13-23(19)33-18)27-25(29)22-10-6-7-11-24(22)31-2/h3-13,16,18H,14-15,17H2,1-2H3,(H,27,29). The van der Waals surface area contributed by atoms with Crippen LogP contribution in [0.3, 0.4) is 0 Å². The van der Waals surface area contributed by atoms with Gasteiger partial charge in [-0.15, -0.1) is 0 Å². The molecule has 3 aromatic carbocycles. The molecule has 0 saturated carbocycles. The molecule has 1 aliphatic heterocycles. The molecule has 3 aromatic rings. The Hall–Kier alpha value is -4.00. The van der Waals surface area contributed by atoms with Crippen molar-refractivity contribution in [2.75, 3.05) is 25.6 Å². The van der Waals surface area contributed by atoms with Crippen molar-refractivity contribution in [1.29, 1.82) is 0 Å². The number of nitrogens with zero attached hydrogens (tertiary/aromatic N) is 1. The third-order valence-electron chi connectivity index (χ3n) is 5.37. The van der Waals surface area contributed by atoms with Gasteiger partial charge in [0.1, 0.15) is 23.9 Å². The lowest BCUT2D eigenvalue weighted by atomic mass is 10.1. The Labute approximate surface area is 192 Å². The Balaban J connectivity index is 1.48. The molecule has 0 radical (unpaired) electrons. The van der Waals surface area contributed by atoms with Gasteiger partial charge >= 0.3 is 0 Å². The number of anilines is 1. The van der Waals surface area contributed by atoms with Crippen LogP contribution in [0.15, 0.2) is 72.8 Å². The van der Waals surface area contributed by atoms with E-state index in [1.807, 2.05) is 42.5 Å². The normalized spacial score (nSPS) is 15.2. The van der Waals surface area contributed by atoms with Gasteiger partial charge in [0.05, 0.1) is 19.2 Å². The zero-order valence-corrected chi connectivity index (χ0v) is 18.6. The Kier molecular flexibility index (Phi) is 6.78. The Bertz CT molecular complexity index is 1130. The van der Waals surface area contributed by atoms with Crippen molar-refractivity contribution in [1.82, 2.24) is 4.90 Å². The third-order valence-corrected chi connectivity index (χ3v) is 5.37. The summed E-state index contributed by atoms with van der Waals surface area (Å²) in [7, 11) is 1.53. The van der Waals surface area contributed by atoms with Gasteiger partial charge in [-0.25, -0.2) is 0 Å². The highest BCUT2D eigenvalue weighted by molar-refractivity contribution is 6.06. The van der Waals surface area contributed by atoms with Crippen molar-refractivity contribution in [2.45, 2.75) is 19.6 Å². The maximum absolute atomic E-state index is 12.8. The number of nitrogens with one attached hydrogen (secondary N) is 1. The van der Waals surface area contributed by atoms with Crippen LogP contribution in [0.25, 0.3) is 0 Å². The van der Waals surface area contributed by atoms with Crippen LogP contribution in [0.4, 0.5) is 5.69 Å². The molecule has 0 aliphatic carbocycles. The highest BCUT2D eigenvalue weighted by atomic mass is 16.5. The fraction of sp³-hybridized carbons (Fsp3) is 0.231. The van der Waals surface area contributed by atoms with Crippen LogP contribution in [0.1, 0.15) is 22.8 Å². The monoisotopic (exact) mass is 446 g/mol. The number of benzene rings is 3. The Morgan fingerprint density at radius 2 is 1.85 bits per heavy atom. The molecule has 0 bridgehead atoms. The summed E-state index contributed by atoms with van der Waals surface area (Å²) >= 11 is 0. The molecule has 7 heteroatoms. The predicted octanol–water partition coefficient (Wildman–Crippen LogP) is 4.14. The van der Waals surface area contributed by atoms with E-state index in [0.717, 1.165) is 11.3 Å². The molecule has 33 heavy (non-hydrogen) atoms. The van der Waals surface area contributed by atoms with Gasteiger partial charge in [0.15, 0.2) is 6.10 Å². The van der Waals surface area contributed by atoms with Crippen LogP contribution < -0.4 is 19.5 Å². The Morgan fingerprint density at radius 3 is 2.64 bits per heavy atom. The number of fused-ring (bicyclic) bond motifs is 1. The van der Waals surface area contributed by atoms with Crippen molar-refractivity contribution in [3.05, 3.63) is 83.9 Å². The van der Waals surface area contributed by atoms with Gasteiger partial charge < -0.3 is 24.4 Å². The summed E-state index contributed by atoms with van der Waals surface area (Å²) in [5, 5.41) is 2.90. The maximum atomic E-state index is 12.8. The van der Waals surface area contributed by atoms with Crippen LogP contribution in [-0.2, 0) is 11.3 Å². The van der Waals surface area contributed by atoms with Crippen LogP contribution in [0.5, 0.6) is 17.2 Å². The summed E-state index contributed by atoms with van der Waals surface area (Å²) in [6.45, 7) is 2.87. The van der Waals surface area contributed by atoms with E-state index in [-0.39, 0.29) is 11.8 Å². The summed E-state index contributed by atoms with van der Waals surface area (Å²) in [6.07, 6.45) is -0.614. The molecule has 1 N–H and O–H groups in total. The van der Waals surface area contributed by atoms with Gasteiger partial charge in [0.2, 0.25) is 0 Å². The number of carbonyl (C=O) groups excluding carboxylic acids is 2. The van der Waals surface area contributed by atoms with Gasteiger partial charge in [-0.2, -0.15) is 0 Å². The molecule has 1 unspecified atom stereocenters. The van der Waals surface area contributed by atoms with E-state index < -0.39 is 6.10 Å². The van der Waals surface area contributed by atoms with E-state index in [2.05, 4.69) is 5.32 Å². The second kappa shape index (κ2) is 10.1. The van der Waals surface area contributed by atoms with E-state index in [4.69, 9.17) is 14.2 Å². The molecule has 0 aromatic heterocycles. The van der Waals surface area contributed by atoms with Crippen LogP contribution in [0.2, 0.25) is 0 Å². The molecule has 7 nitrogen and oxygen atoms in total. The molecule has 0 saturated heterocycles. The molecule has 0 fully saturated rings. The predicted molar refractivity (Wildman–Crippen MR) is 125 cm³/mol. The van der Waals surface area contributed by atoms with Gasteiger partial charge in [0, 0.05) is 17.8 Å². The first kappa shape index (κ1) is 22.2. The number of rotatable bonds is 7. The molecule has 1 atom stereocenters. The van der Waals surface area contributed by atoms with E-state index in [9.17, 15) is 9.59 Å². The highest BCUT2D eigenvalue weighted by Gasteiger charge is 2.28. The number of carbonyl (C=O) groups is 2. The van der Waals surface area contributed by atoms with Gasteiger partial charge in [0.25, 0.3) is 11.8 Å². The summed E-state index contributed by atoms with van der Waals surface area (Å²) in [6, 6.07) is 21.9. The molecular weight excluding hydrogens is 420 g/mol. The number of amides is 2. The molecule has 0 spiro atoms. The lowest BCUT2D eigenvalue weighted by Gasteiger charge is -2.22. The number of para-hydroxylation sites is 2. The van der Waals surface area contributed by atoms with Gasteiger partial charge in [-0.05, 0) is 49.4 Å². The molecular formula is C26H26N2O5. The van der Waals surface area contributed by atoms with Crippen molar-refractivity contribution < 1.29 is 23.8 Å². The smallest absolute Gasteiger partial charge is 0.263 e. The molecule has 1 heterocycles. The zero-order chi connectivity index (χ0) is 23.2. The molecule has 4 rings (SSSR count). The topological polar surface area (TPSA) is 77.1 Å². The molecule has 170 valence electrons. The minimum absolute atomic E-state index is 0.109. The number of hydrogen-bond acceptors (Lipinski definition) is 5. The highest BCUT2D eigenvalue weighted by Crippen LogP contribution is 2.29. The first-order chi connectivity index (χ1) is 16.0. The molecule has 1 aliphatic rings. The lowest BCUT2D eigenvalue weighted by Crippen LogP contribution is -2.40. The average molecular weight is 447 g/mol. The van der Waals surface area contributed by atoms with Crippen LogP contribution >= 0.6 is 0 Å². The maximum Gasteiger partial charge on any atom is 0.263 e. The van der Waals surface area contributed by atoms with Crippen molar-refractivity contribution in [2.24, 2.45) is 0 Å². The van der Waals surface area contributed by atoms with Crippen LogP contribution in [-0.4, -0.2) is 43.1 Å². The summed E-state index contributed by atoms with van der Waals surface area (Å²) in [4.78, 5) is 27.3. The third kappa shape index (κ3) is 5.26. The second-order valence-electron chi connectivity index (χ2n) is 7.66. The SMILES string of the molecule is COc1ccccc1C(=O)Nc1ccc2c(c1)CN(CCOc1ccccc1)C(=O)C(C)O2. The number of hydrogen-bond donors (Lipinski definition) is 1. The summed E-state index contributed by atoms with van der Waals surface area (Å²) in [5.74, 6) is 1.49. The first-order valence-electron chi connectivity index (χ1n) is 10.8. The lowest BCUT2D eigenvalue weighted by molar-refractivity contribution is -0.138. The number of ether oxygens (including phenoxy) is 3. The largest absolute Gasteiger partial charge is 0.496 e. The minimum Gasteiger partial charge on any atom is -0.496 e. The molecule has 2 amide bonds. The van der Waals surface area contributed by atoms with E-state index in [1.165, 1.54) is 7.11 Å². The quantitative estimate of drug-likeness (QED) is 0.590. The van der Waals surface area contributed by atoms with Gasteiger partial charge in [-0.1, -0.05) is 30.3 Å². The fourth-order valence-electron chi connectivity index (χ4n) is 3.69. The fourth-order valence-corrected chi connectivity index (χ4v) is 3.69. The second-order valence-corrected chi connectivity index (χ2v) is 7.66. The van der Waals surface area contributed by atoms with Crippen molar-refractivity contribution in [3.8, 4) is 17.2 Å². The van der Waals surface area contributed by atoms with E-state index in [0.29, 0.717) is 42.4 Å². The first-order valence-corrected chi connectivity index (χ1v) is 10.8. The van der Waals surface area contributed by atoms with Crippen molar-refractivity contribution in [3.63, 3.8) is 0 Å². The average Bonchev–Trinajstić information content (AvgIpc) is 2.95. The Morgan fingerprint density at radius 1 is 1.09 bits per heavy atom.